The molecule has 0 aliphatic rings. The van der Waals surface area contributed by atoms with E-state index >= 15 is 0 Å². The normalized spacial score (nSPS) is 11.3. The van der Waals surface area contributed by atoms with Crippen LogP contribution in [-0.2, 0) is 0 Å². The van der Waals surface area contributed by atoms with E-state index in [9.17, 15) is 14.7 Å². The summed E-state index contributed by atoms with van der Waals surface area (Å²) < 4.78 is 5.61. The number of carbonyl (C=O) groups excluding carboxylic acids is 2. The molecule has 1 heterocycles. The first-order chi connectivity index (χ1) is 13.1. The van der Waals surface area contributed by atoms with Crippen molar-refractivity contribution in [3.8, 4) is 0 Å². The molecule has 6 heteroatoms. The third-order valence-electron chi connectivity index (χ3n) is 4.20. The molecular formula is C21H13N2O4-. The van der Waals surface area contributed by atoms with Crippen molar-refractivity contribution in [3.05, 3.63) is 83.6 Å². The number of fused-ring (bicyclic) bond motifs is 3. The molecular weight excluding hydrogens is 344 g/mol. The number of amides is 1. The number of hydrazone groups is 1. The molecule has 0 atom stereocenters. The molecule has 0 spiro atoms. The zero-order valence-corrected chi connectivity index (χ0v) is 14.0. The third kappa shape index (κ3) is 3.16. The first-order valence-electron chi connectivity index (χ1n) is 8.18. The Kier molecular flexibility index (Phi) is 4.14. The van der Waals surface area contributed by atoms with Crippen molar-refractivity contribution >= 4 is 39.8 Å². The molecule has 1 N–H and O–H groups in total. The fraction of sp³-hybridized carbons (Fsp3) is 0. The summed E-state index contributed by atoms with van der Waals surface area (Å²) in [7, 11) is 0. The van der Waals surface area contributed by atoms with Crippen molar-refractivity contribution in [1.29, 1.82) is 0 Å². The number of furan rings is 1. The van der Waals surface area contributed by atoms with E-state index in [2.05, 4.69) is 10.5 Å². The minimum absolute atomic E-state index is 0.00861. The summed E-state index contributed by atoms with van der Waals surface area (Å²) in [6, 6.07) is 19.4. The largest absolute Gasteiger partial charge is 0.545 e. The minimum Gasteiger partial charge on any atom is -0.545 e. The number of nitrogens with zero attached hydrogens (tertiary/aromatic N) is 1. The maximum absolute atomic E-state index is 12.3. The Bertz CT molecular complexity index is 1210. The first kappa shape index (κ1) is 16.5. The van der Waals surface area contributed by atoms with Gasteiger partial charge in [-0.1, -0.05) is 54.6 Å². The van der Waals surface area contributed by atoms with Crippen molar-refractivity contribution in [2.45, 2.75) is 0 Å². The molecule has 0 bridgehead atoms. The smallest absolute Gasteiger partial charge is 0.307 e. The average molecular weight is 357 g/mol. The van der Waals surface area contributed by atoms with Gasteiger partial charge < -0.3 is 14.3 Å². The van der Waals surface area contributed by atoms with Gasteiger partial charge in [0.1, 0.15) is 5.58 Å². The van der Waals surface area contributed by atoms with Gasteiger partial charge >= 0.3 is 5.91 Å². The highest BCUT2D eigenvalue weighted by atomic mass is 16.4. The number of carboxylic acid groups (broad SMARTS) is 1. The van der Waals surface area contributed by atoms with Crippen LogP contribution in [0.3, 0.4) is 0 Å². The van der Waals surface area contributed by atoms with Gasteiger partial charge in [-0.2, -0.15) is 5.10 Å². The maximum Gasteiger partial charge on any atom is 0.307 e. The molecule has 0 fully saturated rings. The number of carboxylic acids is 1. The molecule has 4 rings (SSSR count). The Morgan fingerprint density at radius 1 is 0.963 bits per heavy atom. The SMILES string of the molecule is O=C(N/N=C/c1ccccc1C(=O)[O-])c1cc2c(ccc3ccccc32)o1. The van der Waals surface area contributed by atoms with Crippen LogP contribution < -0.4 is 10.5 Å². The second-order valence-electron chi connectivity index (χ2n) is 5.88. The number of carbonyl (C=O) groups is 2. The first-order valence-corrected chi connectivity index (χ1v) is 8.18. The van der Waals surface area contributed by atoms with Crippen molar-refractivity contribution in [1.82, 2.24) is 5.43 Å². The molecule has 1 amide bonds. The van der Waals surface area contributed by atoms with E-state index in [0.29, 0.717) is 11.1 Å². The molecule has 4 aromatic rings. The van der Waals surface area contributed by atoms with Crippen molar-refractivity contribution < 1.29 is 19.1 Å². The van der Waals surface area contributed by atoms with Gasteiger partial charge in [0.25, 0.3) is 0 Å². The van der Waals surface area contributed by atoms with Gasteiger partial charge in [-0.25, -0.2) is 5.43 Å². The summed E-state index contributed by atoms with van der Waals surface area (Å²) in [4.78, 5) is 23.4. The predicted octanol–water partition coefficient (Wildman–Crippen LogP) is 2.71. The van der Waals surface area contributed by atoms with Gasteiger partial charge in [0.2, 0.25) is 0 Å². The Balaban J connectivity index is 1.59. The maximum atomic E-state index is 12.3. The van der Waals surface area contributed by atoms with Crippen LogP contribution in [0, 0.1) is 0 Å². The molecule has 6 nitrogen and oxygen atoms in total. The van der Waals surface area contributed by atoms with Gasteiger partial charge in [-0.15, -0.1) is 0 Å². The number of nitrogens with one attached hydrogen (secondary N) is 1. The topological polar surface area (TPSA) is 94.7 Å². The molecule has 27 heavy (non-hydrogen) atoms. The highest BCUT2D eigenvalue weighted by Crippen LogP contribution is 2.28. The second-order valence-corrected chi connectivity index (χ2v) is 5.88. The van der Waals surface area contributed by atoms with Gasteiger partial charge in [-0.05, 0) is 22.9 Å². The number of hydrogen-bond acceptors (Lipinski definition) is 5. The van der Waals surface area contributed by atoms with Gasteiger partial charge in [-0.3, -0.25) is 4.79 Å². The summed E-state index contributed by atoms with van der Waals surface area (Å²) in [6.45, 7) is 0. The van der Waals surface area contributed by atoms with Crippen molar-refractivity contribution in [2.24, 2.45) is 5.10 Å². The summed E-state index contributed by atoms with van der Waals surface area (Å²) in [6.07, 6.45) is 1.25. The van der Waals surface area contributed by atoms with Crippen LogP contribution >= 0.6 is 0 Å². The number of hydrogen-bond donors (Lipinski definition) is 1. The lowest BCUT2D eigenvalue weighted by atomic mass is 10.1. The molecule has 0 radical (unpaired) electrons. The van der Waals surface area contributed by atoms with E-state index in [0.717, 1.165) is 16.2 Å². The molecule has 0 saturated heterocycles. The Hall–Kier alpha value is -3.93. The van der Waals surface area contributed by atoms with E-state index in [-0.39, 0.29) is 11.3 Å². The van der Waals surface area contributed by atoms with Crippen LogP contribution in [-0.4, -0.2) is 18.1 Å². The summed E-state index contributed by atoms with van der Waals surface area (Å²) in [5.41, 5.74) is 3.27. The Labute approximate surface area is 153 Å². The highest BCUT2D eigenvalue weighted by molar-refractivity contribution is 6.08. The molecule has 0 saturated carbocycles. The number of aromatic carboxylic acids is 1. The van der Waals surface area contributed by atoms with Crippen LogP contribution in [0.15, 0.2) is 76.2 Å². The molecule has 0 aliphatic heterocycles. The third-order valence-corrected chi connectivity index (χ3v) is 4.20. The minimum atomic E-state index is -1.31. The fourth-order valence-electron chi connectivity index (χ4n) is 2.92. The fourth-order valence-corrected chi connectivity index (χ4v) is 2.92. The Morgan fingerprint density at radius 2 is 1.74 bits per heavy atom. The van der Waals surface area contributed by atoms with E-state index in [1.54, 1.807) is 24.3 Å². The van der Waals surface area contributed by atoms with Crippen LogP contribution in [0.5, 0.6) is 0 Å². The van der Waals surface area contributed by atoms with Crippen LogP contribution in [0.4, 0.5) is 0 Å². The quantitative estimate of drug-likeness (QED) is 0.449. The molecule has 3 aromatic carbocycles. The van der Waals surface area contributed by atoms with Gasteiger partial charge in [0.15, 0.2) is 5.76 Å². The molecule has 1 aromatic heterocycles. The highest BCUT2D eigenvalue weighted by Gasteiger charge is 2.13. The zero-order chi connectivity index (χ0) is 18.8. The lowest BCUT2D eigenvalue weighted by molar-refractivity contribution is -0.255. The monoisotopic (exact) mass is 357 g/mol. The van der Waals surface area contributed by atoms with Gasteiger partial charge in [0.05, 0.1) is 12.2 Å². The van der Waals surface area contributed by atoms with Crippen LogP contribution in [0.2, 0.25) is 0 Å². The van der Waals surface area contributed by atoms with E-state index in [4.69, 9.17) is 4.42 Å². The molecule has 0 unspecified atom stereocenters. The van der Waals surface area contributed by atoms with E-state index in [1.165, 1.54) is 12.3 Å². The van der Waals surface area contributed by atoms with Gasteiger partial charge in [0, 0.05) is 16.5 Å². The summed E-state index contributed by atoms with van der Waals surface area (Å²) in [5, 5.41) is 17.8. The summed E-state index contributed by atoms with van der Waals surface area (Å²) in [5.74, 6) is -1.73. The number of benzene rings is 3. The molecule has 132 valence electrons. The average Bonchev–Trinajstić information content (AvgIpc) is 3.13. The lowest BCUT2D eigenvalue weighted by Gasteiger charge is -2.05. The Morgan fingerprint density at radius 3 is 2.59 bits per heavy atom. The van der Waals surface area contributed by atoms with Crippen LogP contribution in [0.25, 0.3) is 21.7 Å². The van der Waals surface area contributed by atoms with Crippen molar-refractivity contribution in [3.63, 3.8) is 0 Å². The van der Waals surface area contributed by atoms with E-state index in [1.807, 2.05) is 36.4 Å². The number of rotatable bonds is 4. The van der Waals surface area contributed by atoms with Crippen molar-refractivity contribution in [2.75, 3.05) is 0 Å². The molecule has 0 aliphatic carbocycles. The second kappa shape index (κ2) is 6.76. The van der Waals surface area contributed by atoms with E-state index < -0.39 is 11.9 Å². The summed E-state index contributed by atoms with van der Waals surface area (Å²) >= 11 is 0. The zero-order valence-electron chi connectivity index (χ0n) is 14.0. The lowest BCUT2D eigenvalue weighted by Crippen LogP contribution is -2.24. The van der Waals surface area contributed by atoms with Crippen LogP contribution in [0.1, 0.15) is 26.5 Å². The predicted molar refractivity (Wildman–Crippen MR) is 99.6 cm³/mol. The standard InChI is InChI=1S/C21H14N2O4/c24-20(23-22-12-14-6-2-4-8-16(14)21(25)26)19-11-17-15-7-3-1-5-13(15)9-10-18(17)27-19/h1-12H,(H,23,24)(H,25,26)/p-1/b22-12+.